The van der Waals surface area contributed by atoms with Crippen molar-refractivity contribution in [2.75, 3.05) is 6.61 Å². The van der Waals surface area contributed by atoms with Crippen LogP contribution in [0.1, 0.15) is 31.9 Å². The van der Waals surface area contributed by atoms with E-state index in [-0.39, 0.29) is 11.3 Å². The molecule has 0 bridgehead atoms. The van der Waals surface area contributed by atoms with Crippen LogP contribution in [-0.2, 0) is 11.6 Å². The Labute approximate surface area is 108 Å². The molecule has 0 aliphatic rings. The fourth-order valence-electron chi connectivity index (χ4n) is 1.81. The number of halogens is 5. The Balaban J connectivity index is 3.32. The van der Waals surface area contributed by atoms with E-state index in [0.29, 0.717) is 0 Å². The highest BCUT2D eigenvalue weighted by molar-refractivity contribution is 5.46. The molecule has 0 fully saturated rings. The summed E-state index contributed by atoms with van der Waals surface area (Å²) >= 11 is 0. The van der Waals surface area contributed by atoms with Crippen LogP contribution in [0.15, 0.2) is 18.2 Å². The molecular weight excluding hydrogens is 267 g/mol. The van der Waals surface area contributed by atoms with E-state index in [0.717, 1.165) is 12.1 Å². The number of hydrogen-bond acceptors (Lipinski definition) is 1. The van der Waals surface area contributed by atoms with Crippen LogP contribution in [0.3, 0.4) is 0 Å². The number of hydrogen-bond donors (Lipinski definition) is 0. The van der Waals surface area contributed by atoms with Gasteiger partial charge in [0.15, 0.2) is 0 Å². The molecule has 0 aliphatic heterocycles. The lowest BCUT2D eigenvalue weighted by Crippen LogP contribution is -2.22. The minimum atomic E-state index is -4.55. The third-order valence-corrected chi connectivity index (χ3v) is 2.45. The van der Waals surface area contributed by atoms with Gasteiger partial charge in [0.2, 0.25) is 0 Å². The third-order valence-electron chi connectivity index (χ3n) is 2.45. The van der Waals surface area contributed by atoms with Crippen LogP contribution in [-0.4, -0.2) is 13.0 Å². The minimum absolute atomic E-state index is 0.108. The van der Waals surface area contributed by atoms with Gasteiger partial charge in [0.25, 0.3) is 6.43 Å². The van der Waals surface area contributed by atoms with Crippen LogP contribution < -0.4 is 4.74 Å². The molecule has 1 rings (SSSR count). The molecule has 1 nitrogen and oxygen atoms in total. The normalized spacial score (nSPS) is 12.9. The summed E-state index contributed by atoms with van der Waals surface area (Å²) in [7, 11) is 0. The van der Waals surface area contributed by atoms with Gasteiger partial charge in [-0.2, -0.15) is 13.2 Å². The Bertz CT molecular complexity index is 432. The second-order valence-electron chi connectivity index (χ2n) is 5.13. The maximum Gasteiger partial charge on any atom is 0.416 e. The van der Waals surface area contributed by atoms with Crippen molar-refractivity contribution in [1.29, 1.82) is 0 Å². The quantitative estimate of drug-likeness (QED) is 0.733. The van der Waals surface area contributed by atoms with Crippen LogP contribution in [0.25, 0.3) is 0 Å². The Morgan fingerprint density at radius 3 is 2.11 bits per heavy atom. The van der Waals surface area contributed by atoms with Gasteiger partial charge >= 0.3 is 6.18 Å². The van der Waals surface area contributed by atoms with Crippen LogP contribution in [0.5, 0.6) is 5.75 Å². The van der Waals surface area contributed by atoms with Gasteiger partial charge in [-0.3, -0.25) is 0 Å². The first-order chi connectivity index (χ1) is 8.53. The van der Waals surface area contributed by atoms with Gasteiger partial charge in [0.1, 0.15) is 12.4 Å². The first-order valence-corrected chi connectivity index (χ1v) is 5.65. The molecule has 0 radical (unpaired) electrons. The average Bonchev–Trinajstić information content (AvgIpc) is 2.23. The molecule has 19 heavy (non-hydrogen) atoms. The predicted octanol–water partition coefficient (Wildman–Crippen LogP) is 4.65. The van der Waals surface area contributed by atoms with Crippen LogP contribution in [0.4, 0.5) is 22.0 Å². The lowest BCUT2D eigenvalue weighted by molar-refractivity contribution is -0.138. The molecule has 6 heteroatoms. The molecule has 1 aromatic rings. The first kappa shape index (κ1) is 15.7. The van der Waals surface area contributed by atoms with Crippen molar-refractivity contribution in [2.45, 2.75) is 38.8 Å². The smallest absolute Gasteiger partial charge is 0.416 e. The zero-order valence-corrected chi connectivity index (χ0v) is 10.8. The molecular formula is C13H15F5O. The summed E-state index contributed by atoms with van der Waals surface area (Å²) in [5, 5.41) is 0. The Kier molecular flexibility index (Phi) is 4.43. The topological polar surface area (TPSA) is 9.23 Å². The van der Waals surface area contributed by atoms with Crippen molar-refractivity contribution in [3.8, 4) is 5.75 Å². The van der Waals surface area contributed by atoms with Crippen molar-refractivity contribution < 1.29 is 26.7 Å². The second-order valence-corrected chi connectivity index (χ2v) is 5.13. The zero-order valence-electron chi connectivity index (χ0n) is 10.8. The molecule has 0 N–H and O–H groups in total. The van der Waals surface area contributed by atoms with E-state index in [1.807, 2.05) is 0 Å². The van der Waals surface area contributed by atoms with E-state index in [4.69, 9.17) is 4.74 Å². The van der Waals surface area contributed by atoms with Gasteiger partial charge in [0, 0.05) is 5.56 Å². The summed E-state index contributed by atoms with van der Waals surface area (Å²) in [6.45, 7) is 3.80. The molecule has 0 spiro atoms. The predicted molar refractivity (Wildman–Crippen MR) is 61.6 cm³/mol. The fraction of sp³-hybridized carbons (Fsp3) is 0.538. The molecule has 0 aliphatic carbocycles. The SMILES string of the molecule is CC(C)(C)c1c(OCC(F)F)cccc1C(F)(F)F. The lowest BCUT2D eigenvalue weighted by atomic mass is 9.83. The number of alkyl halides is 5. The summed E-state index contributed by atoms with van der Waals surface area (Å²) in [5.74, 6) is -0.150. The summed E-state index contributed by atoms with van der Waals surface area (Å²) in [5.41, 5.74) is -1.83. The average molecular weight is 282 g/mol. The van der Waals surface area contributed by atoms with Crippen molar-refractivity contribution in [1.82, 2.24) is 0 Å². The number of ether oxygens (including phenoxy) is 1. The Morgan fingerprint density at radius 1 is 1.11 bits per heavy atom. The molecule has 0 unspecified atom stereocenters. The van der Waals surface area contributed by atoms with Crippen LogP contribution in [0, 0.1) is 0 Å². The minimum Gasteiger partial charge on any atom is -0.487 e. The zero-order chi connectivity index (χ0) is 14.8. The van der Waals surface area contributed by atoms with E-state index in [1.54, 1.807) is 20.8 Å². The summed E-state index contributed by atoms with van der Waals surface area (Å²) in [6.07, 6.45) is -7.28. The third kappa shape index (κ3) is 4.08. The summed E-state index contributed by atoms with van der Waals surface area (Å²) in [4.78, 5) is 0. The lowest BCUT2D eigenvalue weighted by Gasteiger charge is -2.27. The highest BCUT2D eigenvalue weighted by Gasteiger charge is 2.38. The Hall–Kier alpha value is -1.33. The molecule has 0 aromatic heterocycles. The van der Waals surface area contributed by atoms with E-state index in [1.165, 1.54) is 6.07 Å². The largest absolute Gasteiger partial charge is 0.487 e. The monoisotopic (exact) mass is 282 g/mol. The van der Waals surface area contributed by atoms with Crippen molar-refractivity contribution in [3.05, 3.63) is 29.3 Å². The van der Waals surface area contributed by atoms with Gasteiger partial charge in [-0.25, -0.2) is 8.78 Å². The molecule has 0 saturated carbocycles. The van der Waals surface area contributed by atoms with Gasteiger partial charge in [0.05, 0.1) is 5.56 Å². The van der Waals surface area contributed by atoms with E-state index < -0.39 is 30.2 Å². The second kappa shape index (κ2) is 5.35. The summed E-state index contributed by atoms with van der Waals surface area (Å²) < 4.78 is 67.9. The van der Waals surface area contributed by atoms with E-state index in [2.05, 4.69) is 0 Å². The van der Waals surface area contributed by atoms with E-state index in [9.17, 15) is 22.0 Å². The highest BCUT2D eigenvalue weighted by Crippen LogP contribution is 2.42. The fourth-order valence-corrected chi connectivity index (χ4v) is 1.81. The molecule has 0 saturated heterocycles. The molecule has 0 heterocycles. The standard InChI is InChI=1S/C13H15F5O/c1-12(2,3)11-8(13(16,17)18)5-4-6-9(11)19-7-10(14)15/h4-6,10H,7H2,1-3H3. The van der Waals surface area contributed by atoms with Crippen LogP contribution in [0.2, 0.25) is 0 Å². The molecule has 108 valence electrons. The first-order valence-electron chi connectivity index (χ1n) is 5.65. The summed E-state index contributed by atoms with van der Waals surface area (Å²) in [6, 6.07) is 3.35. The van der Waals surface area contributed by atoms with E-state index >= 15 is 0 Å². The van der Waals surface area contributed by atoms with Crippen molar-refractivity contribution in [3.63, 3.8) is 0 Å². The molecule has 1 aromatic carbocycles. The van der Waals surface area contributed by atoms with Gasteiger partial charge in [-0.15, -0.1) is 0 Å². The van der Waals surface area contributed by atoms with Gasteiger partial charge in [-0.05, 0) is 17.5 Å². The number of rotatable bonds is 3. The van der Waals surface area contributed by atoms with Crippen molar-refractivity contribution in [2.24, 2.45) is 0 Å². The maximum atomic E-state index is 13.0. The highest BCUT2D eigenvalue weighted by atomic mass is 19.4. The Morgan fingerprint density at radius 2 is 1.68 bits per heavy atom. The maximum absolute atomic E-state index is 13.0. The van der Waals surface area contributed by atoms with Gasteiger partial charge in [-0.1, -0.05) is 26.8 Å². The molecule has 0 atom stereocenters. The van der Waals surface area contributed by atoms with Crippen LogP contribution >= 0.6 is 0 Å². The number of benzene rings is 1. The van der Waals surface area contributed by atoms with Crippen molar-refractivity contribution >= 4 is 0 Å². The molecule has 0 amide bonds. The van der Waals surface area contributed by atoms with Gasteiger partial charge < -0.3 is 4.74 Å².